The Morgan fingerprint density at radius 2 is 1.70 bits per heavy atom. The van der Waals surface area contributed by atoms with E-state index in [-0.39, 0.29) is 5.92 Å². The normalized spacial score (nSPS) is 13.0. The van der Waals surface area contributed by atoms with Crippen LogP contribution in [0.4, 0.5) is 0 Å². The smallest absolute Gasteiger partial charge is 0.340 e. The van der Waals surface area contributed by atoms with E-state index in [1.165, 1.54) is 0 Å². The molecule has 3 rings (SSSR count). The molecule has 2 aromatic carbocycles. The van der Waals surface area contributed by atoms with Gasteiger partial charge in [0.2, 0.25) is 0 Å². The Hall–Kier alpha value is -3.61. The zero-order valence-electron chi connectivity index (χ0n) is 19.5. The number of ether oxygens (including phenoxy) is 1. The van der Waals surface area contributed by atoms with Crippen LogP contribution in [0.1, 0.15) is 43.0 Å². The van der Waals surface area contributed by atoms with Gasteiger partial charge in [0, 0.05) is 22.9 Å². The third-order valence-electron chi connectivity index (χ3n) is 5.78. The minimum atomic E-state index is -1.10. The summed E-state index contributed by atoms with van der Waals surface area (Å²) in [6.45, 7) is 8.63. The van der Waals surface area contributed by atoms with Crippen molar-refractivity contribution in [1.82, 2.24) is 5.32 Å². The highest BCUT2D eigenvalue weighted by Crippen LogP contribution is 2.30. The molecule has 7 heteroatoms. The monoisotopic (exact) mass is 451 g/mol. The fourth-order valence-electron chi connectivity index (χ4n) is 3.73. The first-order chi connectivity index (χ1) is 15.6. The second kappa shape index (κ2) is 9.90. The summed E-state index contributed by atoms with van der Waals surface area (Å²) in [5.74, 6) is -1.52. The number of amides is 1. The molecule has 2 atom stereocenters. The first kappa shape index (κ1) is 24.0. The average Bonchev–Trinajstić information content (AvgIpc) is 2.77. The number of benzene rings is 2. The van der Waals surface area contributed by atoms with Crippen LogP contribution in [0.15, 0.2) is 51.7 Å². The number of fused-ring (bicyclic) bond motifs is 1. The molecule has 7 nitrogen and oxygen atoms in total. The van der Waals surface area contributed by atoms with Crippen molar-refractivity contribution in [3.05, 3.63) is 75.1 Å². The van der Waals surface area contributed by atoms with E-state index >= 15 is 0 Å². The molecule has 0 radical (unpaired) electrons. The van der Waals surface area contributed by atoms with E-state index in [9.17, 15) is 19.5 Å². The van der Waals surface area contributed by atoms with Crippen LogP contribution in [0, 0.1) is 19.8 Å². The van der Waals surface area contributed by atoms with Crippen molar-refractivity contribution in [2.75, 3.05) is 0 Å². The maximum atomic E-state index is 12.8. The number of hydrogen-bond donors (Lipinski definition) is 2. The Bertz CT molecular complexity index is 1230. The summed E-state index contributed by atoms with van der Waals surface area (Å²) in [5.41, 5.74) is 3.05. The van der Waals surface area contributed by atoms with E-state index < -0.39 is 29.6 Å². The molecule has 0 saturated heterocycles. The lowest BCUT2D eigenvalue weighted by molar-refractivity contribution is -0.144. The SMILES string of the molecule is Cc1c(Cc2ccccc2)c(=O)oc2c(C)c(O[C@@H](C)C(=O)N[C@H](C(=O)O)C(C)C)ccc12. The largest absolute Gasteiger partial charge is 0.480 e. The third-order valence-corrected chi connectivity index (χ3v) is 5.78. The van der Waals surface area contributed by atoms with E-state index in [1.807, 2.05) is 43.3 Å². The van der Waals surface area contributed by atoms with Crippen LogP contribution in [-0.2, 0) is 16.0 Å². The molecule has 0 aliphatic carbocycles. The fourth-order valence-corrected chi connectivity index (χ4v) is 3.73. The Kier molecular flexibility index (Phi) is 7.21. The first-order valence-electron chi connectivity index (χ1n) is 10.9. The van der Waals surface area contributed by atoms with Gasteiger partial charge in [-0.2, -0.15) is 0 Å². The molecule has 0 spiro atoms. The van der Waals surface area contributed by atoms with Crippen molar-refractivity contribution in [3.63, 3.8) is 0 Å². The van der Waals surface area contributed by atoms with Gasteiger partial charge in [0.1, 0.15) is 17.4 Å². The summed E-state index contributed by atoms with van der Waals surface area (Å²) in [6, 6.07) is 12.2. The van der Waals surface area contributed by atoms with Crippen LogP contribution >= 0.6 is 0 Å². The maximum Gasteiger partial charge on any atom is 0.340 e. The Labute approximate surface area is 192 Å². The van der Waals surface area contributed by atoms with E-state index in [0.29, 0.717) is 28.9 Å². The molecule has 174 valence electrons. The molecular formula is C26H29NO6. The van der Waals surface area contributed by atoms with Gasteiger partial charge >= 0.3 is 11.6 Å². The van der Waals surface area contributed by atoms with Crippen LogP contribution in [0.25, 0.3) is 11.0 Å². The molecular weight excluding hydrogens is 422 g/mol. The molecule has 0 unspecified atom stereocenters. The number of hydrogen-bond acceptors (Lipinski definition) is 5. The lowest BCUT2D eigenvalue weighted by Crippen LogP contribution is -2.48. The van der Waals surface area contributed by atoms with E-state index in [2.05, 4.69) is 5.32 Å². The van der Waals surface area contributed by atoms with Gasteiger partial charge in [0.15, 0.2) is 6.10 Å². The number of carbonyl (C=O) groups is 2. The van der Waals surface area contributed by atoms with E-state index in [1.54, 1.807) is 33.8 Å². The molecule has 0 saturated carbocycles. The zero-order valence-corrected chi connectivity index (χ0v) is 19.5. The second-order valence-electron chi connectivity index (χ2n) is 8.55. The van der Waals surface area contributed by atoms with Crippen molar-refractivity contribution >= 4 is 22.8 Å². The quantitative estimate of drug-likeness (QED) is 0.502. The maximum absolute atomic E-state index is 12.8. The lowest BCUT2D eigenvalue weighted by Gasteiger charge is -2.22. The summed E-state index contributed by atoms with van der Waals surface area (Å²) in [6.07, 6.45) is -0.466. The molecule has 33 heavy (non-hydrogen) atoms. The third kappa shape index (κ3) is 5.25. The highest BCUT2D eigenvalue weighted by molar-refractivity contribution is 5.88. The number of rotatable bonds is 8. The number of carboxylic acids is 1. The number of carbonyl (C=O) groups excluding carboxylic acids is 1. The summed E-state index contributed by atoms with van der Waals surface area (Å²) >= 11 is 0. The Morgan fingerprint density at radius 3 is 2.30 bits per heavy atom. The van der Waals surface area contributed by atoms with Crippen LogP contribution in [0.3, 0.4) is 0 Å². The van der Waals surface area contributed by atoms with Crippen molar-refractivity contribution in [2.24, 2.45) is 5.92 Å². The van der Waals surface area contributed by atoms with Gasteiger partial charge in [-0.1, -0.05) is 44.2 Å². The standard InChI is InChI=1S/C26H29NO6/c1-14(2)22(25(29)30)27-24(28)17(5)32-21-12-11-19-15(3)20(13-18-9-7-6-8-10-18)26(31)33-23(19)16(21)4/h6-12,14,17,22H,13H2,1-5H3,(H,27,28)(H,29,30)/t17-,22-/m0/s1. The molecule has 1 heterocycles. The van der Waals surface area contributed by atoms with Crippen LogP contribution in [0.2, 0.25) is 0 Å². The van der Waals surface area contributed by atoms with E-state index in [4.69, 9.17) is 9.15 Å². The van der Waals surface area contributed by atoms with Crippen molar-refractivity contribution in [2.45, 2.75) is 53.2 Å². The summed E-state index contributed by atoms with van der Waals surface area (Å²) in [4.78, 5) is 36.6. The fraction of sp³-hybridized carbons (Fsp3) is 0.346. The van der Waals surface area contributed by atoms with Gasteiger partial charge < -0.3 is 19.6 Å². The lowest BCUT2D eigenvalue weighted by atomic mass is 9.98. The van der Waals surface area contributed by atoms with Crippen LogP contribution in [0.5, 0.6) is 5.75 Å². The van der Waals surface area contributed by atoms with Crippen LogP contribution in [-0.4, -0.2) is 29.1 Å². The van der Waals surface area contributed by atoms with Gasteiger partial charge in [-0.3, -0.25) is 4.79 Å². The molecule has 1 amide bonds. The highest BCUT2D eigenvalue weighted by Gasteiger charge is 2.27. The van der Waals surface area contributed by atoms with Gasteiger partial charge in [-0.25, -0.2) is 9.59 Å². The van der Waals surface area contributed by atoms with Crippen LogP contribution < -0.4 is 15.7 Å². The molecule has 1 aromatic heterocycles. The second-order valence-corrected chi connectivity index (χ2v) is 8.55. The van der Waals surface area contributed by atoms with Crippen molar-refractivity contribution in [3.8, 4) is 5.75 Å². The van der Waals surface area contributed by atoms with Gasteiger partial charge in [-0.15, -0.1) is 0 Å². The first-order valence-corrected chi connectivity index (χ1v) is 10.9. The van der Waals surface area contributed by atoms with E-state index in [0.717, 1.165) is 16.5 Å². The van der Waals surface area contributed by atoms with Gasteiger partial charge in [-0.05, 0) is 49.9 Å². The Balaban J connectivity index is 1.88. The topological polar surface area (TPSA) is 106 Å². The minimum Gasteiger partial charge on any atom is -0.480 e. The predicted molar refractivity (Wildman–Crippen MR) is 126 cm³/mol. The zero-order chi connectivity index (χ0) is 24.3. The predicted octanol–water partition coefficient (Wildman–Crippen LogP) is 3.99. The molecule has 3 aromatic rings. The van der Waals surface area contributed by atoms with Crippen molar-refractivity contribution in [1.29, 1.82) is 0 Å². The van der Waals surface area contributed by atoms with Crippen molar-refractivity contribution < 1.29 is 23.8 Å². The summed E-state index contributed by atoms with van der Waals surface area (Å²) < 4.78 is 11.5. The number of nitrogens with one attached hydrogen (secondary N) is 1. The summed E-state index contributed by atoms with van der Waals surface area (Å²) in [5, 5.41) is 12.6. The summed E-state index contributed by atoms with van der Waals surface area (Å²) in [7, 11) is 0. The van der Waals surface area contributed by atoms with Gasteiger partial charge in [0.25, 0.3) is 5.91 Å². The number of aliphatic carboxylic acids is 1. The Morgan fingerprint density at radius 1 is 1.03 bits per heavy atom. The highest BCUT2D eigenvalue weighted by atomic mass is 16.5. The molecule has 0 aliphatic heterocycles. The van der Waals surface area contributed by atoms with Gasteiger partial charge in [0.05, 0.1) is 0 Å². The molecule has 2 N–H and O–H groups in total. The molecule has 0 aliphatic rings. The number of aryl methyl sites for hydroxylation is 2. The number of carboxylic acid groups (broad SMARTS) is 1. The molecule has 0 bridgehead atoms. The average molecular weight is 452 g/mol. The minimum absolute atomic E-state index is 0.275. The molecule has 0 fully saturated rings.